The normalized spacial score (nSPS) is 9.90. The predicted octanol–water partition coefficient (Wildman–Crippen LogP) is 2.72. The van der Waals surface area contributed by atoms with E-state index in [1.807, 2.05) is 30.3 Å². The molecule has 0 spiro atoms. The van der Waals surface area contributed by atoms with E-state index in [-0.39, 0.29) is 5.91 Å². The van der Waals surface area contributed by atoms with Gasteiger partial charge in [-0.15, -0.1) is 0 Å². The number of aromatic amines is 1. The van der Waals surface area contributed by atoms with Crippen molar-refractivity contribution in [3.63, 3.8) is 0 Å². The molecule has 0 atom stereocenters. The van der Waals surface area contributed by atoms with Crippen molar-refractivity contribution in [3.8, 4) is 23.1 Å². The van der Waals surface area contributed by atoms with Gasteiger partial charge in [-0.05, 0) is 18.6 Å². The van der Waals surface area contributed by atoms with Crippen LogP contribution in [-0.2, 0) is 4.79 Å². The summed E-state index contributed by atoms with van der Waals surface area (Å²) in [7, 11) is 1.60. The summed E-state index contributed by atoms with van der Waals surface area (Å²) in [6.07, 6.45) is 1.23. The maximum Gasteiger partial charge on any atom is 0.225 e. The zero-order chi connectivity index (χ0) is 15.1. The SMILES string of the molecule is COc1ccccc1-c1cc(NC(=O)CCCC#N)n[nH]1. The number of rotatable bonds is 6. The zero-order valence-electron chi connectivity index (χ0n) is 11.7. The molecule has 2 rings (SSSR count). The molecule has 108 valence electrons. The molecule has 0 aliphatic heterocycles. The number of nitrogens with zero attached hydrogens (tertiary/aromatic N) is 2. The molecule has 21 heavy (non-hydrogen) atoms. The Morgan fingerprint density at radius 1 is 1.48 bits per heavy atom. The minimum absolute atomic E-state index is 0.150. The molecule has 1 heterocycles. The number of para-hydroxylation sites is 1. The summed E-state index contributed by atoms with van der Waals surface area (Å²) < 4.78 is 5.29. The average Bonchev–Trinajstić information content (AvgIpc) is 2.95. The second-order valence-electron chi connectivity index (χ2n) is 4.43. The molecule has 1 aromatic heterocycles. The number of carbonyl (C=O) groups is 1. The standard InChI is InChI=1S/C15H16N4O2/c1-21-13-7-3-2-6-11(13)12-10-14(19-18-12)17-15(20)8-4-5-9-16/h2-3,6-7,10H,4-5,8H2,1H3,(H2,17,18,19,20). The Balaban J connectivity index is 2.05. The monoisotopic (exact) mass is 284 g/mol. The van der Waals surface area contributed by atoms with Gasteiger partial charge in [-0.2, -0.15) is 10.4 Å². The van der Waals surface area contributed by atoms with Crippen molar-refractivity contribution in [2.75, 3.05) is 12.4 Å². The quantitative estimate of drug-likeness (QED) is 0.798. The minimum Gasteiger partial charge on any atom is -0.496 e. The van der Waals surface area contributed by atoms with Crippen LogP contribution in [0.3, 0.4) is 0 Å². The van der Waals surface area contributed by atoms with Crippen LogP contribution in [0.2, 0.25) is 0 Å². The molecule has 0 saturated heterocycles. The van der Waals surface area contributed by atoms with Crippen LogP contribution in [0.25, 0.3) is 11.3 Å². The lowest BCUT2D eigenvalue weighted by Gasteiger charge is -2.05. The van der Waals surface area contributed by atoms with E-state index >= 15 is 0 Å². The summed E-state index contributed by atoms with van der Waals surface area (Å²) in [6.45, 7) is 0. The number of benzene rings is 1. The van der Waals surface area contributed by atoms with E-state index in [1.54, 1.807) is 13.2 Å². The molecule has 2 N–H and O–H groups in total. The highest BCUT2D eigenvalue weighted by atomic mass is 16.5. The molecule has 0 saturated carbocycles. The molecule has 6 heteroatoms. The van der Waals surface area contributed by atoms with E-state index in [4.69, 9.17) is 10.00 Å². The Morgan fingerprint density at radius 3 is 3.05 bits per heavy atom. The number of amides is 1. The van der Waals surface area contributed by atoms with Gasteiger partial charge < -0.3 is 10.1 Å². The molecular weight excluding hydrogens is 268 g/mol. The van der Waals surface area contributed by atoms with E-state index in [1.165, 1.54) is 0 Å². The molecule has 0 fully saturated rings. The molecule has 0 bridgehead atoms. The number of hydrogen-bond donors (Lipinski definition) is 2. The van der Waals surface area contributed by atoms with Gasteiger partial charge in [0.15, 0.2) is 5.82 Å². The number of aromatic nitrogens is 2. The minimum atomic E-state index is -0.150. The van der Waals surface area contributed by atoms with E-state index in [0.717, 1.165) is 17.0 Å². The van der Waals surface area contributed by atoms with Crippen molar-refractivity contribution in [1.82, 2.24) is 10.2 Å². The van der Waals surface area contributed by atoms with Gasteiger partial charge >= 0.3 is 0 Å². The van der Waals surface area contributed by atoms with Crippen LogP contribution < -0.4 is 10.1 Å². The van der Waals surface area contributed by atoms with Gasteiger partial charge in [0.05, 0.1) is 18.9 Å². The maximum absolute atomic E-state index is 11.7. The van der Waals surface area contributed by atoms with Crippen molar-refractivity contribution in [2.45, 2.75) is 19.3 Å². The summed E-state index contributed by atoms with van der Waals surface area (Å²) in [5.74, 6) is 1.04. The zero-order valence-corrected chi connectivity index (χ0v) is 11.7. The average molecular weight is 284 g/mol. The van der Waals surface area contributed by atoms with Gasteiger partial charge in [0, 0.05) is 24.5 Å². The lowest BCUT2D eigenvalue weighted by molar-refractivity contribution is -0.116. The lowest BCUT2D eigenvalue weighted by Crippen LogP contribution is -2.11. The number of nitrogens with one attached hydrogen (secondary N) is 2. The first kappa shape index (κ1) is 14.6. The highest BCUT2D eigenvalue weighted by Gasteiger charge is 2.10. The van der Waals surface area contributed by atoms with Gasteiger partial charge in [0.2, 0.25) is 5.91 Å². The molecule has 0 unspecified atom stereocenters. The summed E-state index contributed by atoms with van der Waals surface area (Å²) in [5, 5.41) is 18.1. The first-order valence-corrected chi connectivity index (χ1v) is 6.60. The van der Waals surface area contributed by atoms with Crippen molar-refractivity contribution in [1.29, 1.82) is 5.26 Å². The maximum atomic E-state index is 11.7. The third-order valence-electron chi connectivity index (χ3n) is 2.93. The number of nitriles is 1. The van der Waals surface area contributed by atoms with Gasteiger partial charge in [0.1, 0.15) is 5.75 Å². The Hall–Kier alpha value is -2.81. The first-order chi connectivity index (χ1) is 10.2. The van der Waals surface area contributed by atoms with Crippen LogP contribution >= 0.6 is 0 Å². The molecule has 0 aliphatic rings. The number of H-pyrrole nitrogens is 1. The van der Waals surface area contributed by atoms with Crippen molar-refractivity contribution < 1.29 is 9.53 Å². The topological polar surface area (TPSA) is 90.8 Å². The fourth-order valence-corrected chi connectivity index (χ4v) is 1.92. The van der Waals surface area contributed by atoms with E-state index < -0.39 is 0 Å². The second-order valence-corrected chi connectivity index (χ2v) is 4.43. The Labute approximate surface area is 122 Å². The van der Waals surface area contributed by atoms with Crippen LogP contribution in [0, 0.1) is 11.3 Å². The molecule has 6 nitrogen and oxygen atoms in total. The first-order valence-electron chi connectivity index (χ1n) is 6.60. The van der Waals surface area contributed by atoms with Crippen LogP contribution in [-0.4, -0.2) is 23.2 Å². The lowest BCUT2D eigenvalue weighted by atomic mass is 10.1. The molecule has 2 aromatic rings. The Bertz CT molecular complexity index is 658. The largest absolute Gasteiger partial charge is 0.496 e. The fraction of sp³-hybridized carbons (Fsp3) is 0.267. The molecular formula is C15H16N4O2. The predicted molar refractivity (Wildman–Crippen MR) is 78.7 cm³/mol. The third kappa shape index (κ3) is 3.83. The van der Waals surface area contributed by atoms with Crippen LogP contribution in [0.15, 0.2) is 30.3 Å². The highest BCUT2D eigenvalue weighted by molar-refractivity contribution is 5.90. The van der Waals surface area contributed by atoms with Crippen LogP contribution in [0.4, 0.5) is 5.82 Å². The molecule has 0 radical (unpaired) electrons. The Morgan fingerprint density at radius 2 is 2.29 bits per heavy atom. The fourth-order valence-electron chi connectivity index (χ4n) is 1.92. The third-order valence-corrected chi connectivity index (χ3v) is 2.93. The number of methoxy groups -OCH3 is 1. The highest BCUT2D eigenvalue weighted by Crippen LogP contribution is 2.29. The Kier molecular flexibility index (Phi) is 4.94. The van der Waals surface area contributed by atoms with Crippen molar-refractivity contribution >= 4 is 11.7 Å². The van der Waals surface area contributed by atoms with Gasteiger partial charge in [-0.1, -0.05) is 12.1 Å². The van der Waals surface area contributed by atoms with E-state index in [9.17, 15) is 4.79 Å². The number of ether oxygens (including phenoxy) is 1. The molecule has 0 aliphatic carbocycles. The number of anilines is 1. The van der Waals surface area contributed by atoms with Crippen LogP contribution in [0.5, 0.6) is 5.75 Å². The summed E-state index contributed by atoms with van der Waals surface area (Å²) >= 11 is 0. The molecule has 1 amide bonds. The summed E-state index contributed by atoms with van der Waals surface area (Å²) in [6, 6.07) is 11.3. The summed E-state index contributed by atoms with van der Waals surface area (Å²) in [5.41, 5.74) is 1.64. The number of unbranched alkanes of at least 4 members (excludes halogenated alkanes) is 1. The smallest absolute Gasteiger partial charge is 0.225 e. The van der Waals surface area contributed by atoms with Gasteiger partial charge in [0.25, 0.3) is 0 Å². The van der Waals surface area contributed by atoms with Gasteiger partial charge in [-0.25, -0.2) is 0 Å². The van der Waals surface area contributed by atoms with Crippen molar-refractivity contribution in [3.05, 3.63) is 30.3 Å². The van der Waals surface area contributed by atoms with Crippen molar-refractivity contribution in [2.24, 2.45) is 0 Å². The van der Waals surface area contributed by atoms with E-state index in [2.05, 4.69) is 15.5 Å². The second kappa shape index (κ2) is 7.10. The number of hydrogen-bond acceptors (Lipinski definition) is 4. The van der Waals surface area contributed by atoms with Crippen LogP contribution in [0.1, 0.15) is 19.3 Å². The summed E-state index contributed by atoms with van der Waals surface area (Å²) in [4.78, 5) is 11.7. The van der Waals surface area contributed by atoms with E-state index in [0.29, 0.717) is 25.1 Å². The van der Waals surface area contributed by atoms with Gasteiger partial charge in [-0.3, -0.25) is 9.89 Å². The number of carbonyl (C=O) groups excluding carboxylic acids is 1. The molecule has 1 aromatic carbocycles.